The Morgan fingerprint density at radius 2 is 2.25 bits per heavy atom. The average molecular weight is 223 g/mol. The van der Waals surface area contributed by atoms with Crippen molar-refractivity contribution >= 4 is 5.91 Å². The number of ether oxygens (including phenoxy) is 1. The summed E-state index contributed by atoms with van der Waals surface area (Å²) in [6, 6.07) is 7.68. The average Bonchev–Trinajstić information content (AvgIpc) is 2.34. The highest BCUT2D eigenvalue weighted by molar-refractivity contribution is 5.75. The Bertz CT molecular complexity index is 339. The summed E-state index contributed by atoms with van der Waals surface area (Å²) < 4.78 is 5.10. The van der Waals surface area contributed by atoms with Crippen molar-refractivity contribution in [3.63, 3.8) is 0 Å². The molecule has 1 N–H and O–H groups in total. The maximum Gasteiger partial charge on any atom is 0.243 e. The Kier molecular flexibility index (Phi) is 5.36. The topological polar surface area (TPSA) is 47.6 Å². The van der Waals surface area contributed by atoms with E-state index in [9.17, 15) is 4.79 Å². The summed E-state index contributed by atoms with van der Waals surface area (Å²) in [5.74, 6) is 0.701. The fraction of sp³-hybridized carbons (Fsp3) is 0.417. The molecule has 0 aliphatic rings. The zero-order valence-corrected chi connectivity index (χ0v) is 9.66. The highest BCUT2D eigenvalue weighted by Crippen LogP contribution is 2.13. The van der Waals surface area contributed by atoms with Crippen molar-refractivity contribution in [1.82, 2.24) is 5.48 Å². The minimum absolute atomic E-state index is 0.107. The summed E-state index contributed by atoms with van der Waals surface area (Å²) in [7, 11) is 1.63. The van der Waals surface area contributed by atoms with E-state index in [1.54, 1.807) is 7.11 Å². The zero-order valence-electron chi connectivity index (χ0n) is 9.66. The van der Waals surface area contributed by atoms with Gasteiger partial charge in [-0.15, -0.1) is 0 Å². The van der Waals surface area contributed by atoms with E-state index >= 15 is 0 Å². The van der Waals surface area contributed by atoms with Crippen LogP contribution in [0.2, 0.25) is 0 Å². The molecule has 0 saturated heterocycles. The first-order valence-corrected chi connectivity index (χ1v) is 5.29. The van der Waals surface area contributed by atoms with Gasteiger partial charge < -0.3 is 4.74 Å². The first kappa shape index (κ1) is 12.5. The third-order valence-corrected chi connectivity index (χ3v) is 2.11. The number of hydrogen-bond donors (Lipinski definition) is 1. The van der Waals surface area contributed by atoms with Crippen LogP contribution < -0.4 is 10.2 Å². The fourth-order valence-corrected chi connectivity index (χ4v) is 1.29. The lowest BCUT2D eigenvalue weighted by Crippen LogP contribution is -2.23. The Hall–Kier alpha value is -1.55. The van der Waals surface area contributed by atoms with Crippen LogP contribution in [0, 0.1) is 0 Å². The van der Waals surface area contributed by atoms with Gasteiger partial charge in [0.1, 0.15) is 5.75 Å². The van der Waals surface area contributed by atoms with E-state index in [1.807, 2.05) is 31.2 Å². The molecule has 0 bridgehead atoms. The predicted octanol–water partition coefficient (Wildman–Crippen LogP) is 1.70. The van der Waals surface area contributed by atoms with Gasteiger partial charge in [0.05, 0.1) is 13.7 Å². The van der Waals surface area contributed by atoms with Crippen LogP contribution in [0.1, 0.15) is 18.9 Å². The van der Waals surface area contributed by atoms with Crippen LogP contribution in [0.5, 0.6) is 5.75 Å². The van der Waals surface area contributed by atoms with Gasteiger partial charge in [0.2, 0.25) is 5.91 Å². The van der Waals surface area contributed by atoms with Crippen LogP contribution in [-0.2, 0) is 16.1 Å². The standard InChI is InChI=1S/C12H17NO3/c1-3-16-13-12(14)8-7-10-5-4-6-11(9-10)15-2/h4-6,9H,3,7-8H2,1-2H3,(H,13,14). The molecule has 1 aromatic rings. The van der Waals surface area contributed by atoms with Crippen LogP contribution >= 0.6 is 0 Å². The number of nitrogens with one attached hydrogen (secondary N) is 1. The quantitative estimate of drug-likeness (QED) is 0.747. The second-order valence-corrected chi connectivity index (χ2v) is 3.31. The molecule has 4 nitrogen and oxygen atoms in total. The summed E-state index contributed by atoms with van der Waals surface area (Å²) in [6.45, 7) is 2.30. The summed E-state index contributed by atoms with van der Waals surface area (Å²) in [6.07, 6.45) is 1.09. The first-order valence-electron chi connectivity index (χ1n) is 5.29. The van der Waals surface area contributed by atoms with Gasteiger partial charge >= 0.3 is 0 Å². The van der Waals surface area contributed by atoms with Gasteiger partial charge in [-0.25, -0.2) is 5.48 Å². The lowest BCUT2D eigenvalue weighted by Gasteiger charge is -2.05. The van der Waals surface area contributed by atoms with Gasteiger partial charge in [0.25, 0.3) is 0 Å². The Labute approximate surface area is 95.5 Å². The number of hydroxylamine groups is 1. The number of aryl methyl sites for hydroxylation is 1. The minimum Gasteiger partial charge on any atom is -0.497 e. The highest BCUT2D eigenvalue weighted by Gasteiger charge is 2.02. The van der Waals surface area contributed by atoms with Crippen molar-refractivity contribution < 1.29 is 14.4 Å². The Morgan fingerprint density at radius 1 is 1.44 bits per heavy atom. The van der Waals surface area contributed by atoms with Crippen molar-refractivity contribution in [2.75, 3.05) is 13.7 Å². The maximum absolute atomic E-state index is 11.3. The largest absolute Gasteiger partial charge is 0.497 e. The van der Waals surface area contributed by atoms with Gasteiger partial charge in [0, 0.05) is 6.42 Å². The van der Waals surface area contributed by atoms with Gasteiger partial charge in [-0.05, 0) is 31.0 Å². The number of methoxy groups -OCH3 is 1. The van der Waals surface area contributed by atoms with Gasteiger partial charge in [0.15, 0.2) is 0 Å². The van der Waals surface area contributed by atoms with Crippen molar-refractivity contribution in [1.29, 1.82) is 0 Å². The molecular weight excluding hydrogens is 206 g/mol. The zero-order chi connectivity index (χ0) is 11.8. The highest BCUT2D eigenvalue weighted by atomic mass is 16.6. The summed E-state index contributed by atoms with van der Waals surface area (Å²) in [5.41, 5.74) is 3.44. The molecule has 0 saturated carbocycles. The second kappa shape index (κ2) is 6.85. The van der Waals surface area contributed by atoms with Crippen LogP contribution in [0.3, 0.4) is 0 Å². The van der Waals surface area contributed by atoms with Crippen LogP contribution in [-0.4, -0.2) is 19.6 Å². The summed E-state index contributed by atoms with van der Waals surface area (Å²) in [4.78, 5) is 16.1. The molecule has 0 aliphatic carbocycles. The molecule has 0 aromatic heterocycles. The third-order valence-electron chi connectivity index (χ3n) is 2.11. The molecule has 1 aromatic carbocycles. The lowest BCUT2D eigenvalue weighted by atomic mass is 10.1. The molecule has 0 spiro atoms. The molecule has 0 radical (unpaired) electrons. The van der Waals surface area contributed by atoms with Crippen molar-refractivity contribution in [2.24, 2.45) is 0 Å². The van der Waals surface area contributed by atoms with Crippen LogP contribution in [0.25, 0.3) is 0 Å². The minimum atomic E-state index is -0.107. The third kappa shape index (κ3) is 4.31. The summed E-state index contributed by atoms with van der Waals surface area (Å²) in [5, 5.41) is 0. The normalized spacial score (nSPS) is 9.88. The van der Waals surface area contributed by atoms with Gasteiger partial charge in [-0.3, -0.25) is 9.63 Å². The van der Waals surface area contributed by atoms with E-state index in [-0.39, 0.29) is 5.91 Å². The van der Waals surface area contributed by atoms with Crippen LogP contribution in [0.4, 0.5) is 0 Å². The fourth-order valence-electron chi connectivity index (χ4n) is 1.29. The molecule has 0 heterocycles. The predicted molar refractivity (Wildman–Crippen MR) is 61.1 cm³/mol. The lowest BCUT2D eigenvalue weighted by molar-refractivity contribution is -0.133. The van der Waals surface area contributed by atoms with E-state index < -0.39 is 0 Å². The SMILES string of the molecule is CCONC(=O)CCc1cccc(OC)c1. The second-order valence-electron chi connectivity index (χ2n) is 3.31. The molecule has 0 unspecified atom stereocenters. The number of carbonyl (C=O) groups is 1. The molecule has 0 aliphatic heterocycles. The number of rotatable bonds is 6. The van der Waals surface area contributed by atoms with Gasteiger partial charge in [-0.2, -0.15) is 0 Å². The molecule has 16 heavy (non-hydrogen) atoms. The molecular formula is C12H17NO3. The Morgan fingerprint density at radius 3 is 2.94 bits per heavy atom. The number of hydrogen-bond acceptors (Lipinski definition) is 3. The molecule has 0 atom stereocenters. The first-order chi connectivity index (χ1) is 7.76. The molecule has 88 valence electrons. The molecule has 4 heteroatoms. The van der Waals surface area contributed by atoms with Crippen molar-refractivity contribution in [2.45, 2.75) is 19.8 Å². The van der Waals surface area contributed by atoms with E-state index in [4.69, 9.17) is 9.57 Å². The van der Waals surface area contributed by atoms with E-state index in [0.29, 0.717) is 19.4 Å². The number of benzene rings is 1. The van der Waals surface area contributed by atoms with Crippen molar-refractivity contribution in [3.8, 4) is 5.75 Å². The van der Waals surface area contributed by atoms with E-state index in [1.165, 1.54) is 0 Å². The monoisotopic (exact) mass is 223 g/mol. The summed E-state index contributed by atoms with van der Waals surface area (Å²) >= 11 is 0. The van der Waals surface area contributed by atoms with E-state index in [0.717, 1.165) is 11.3 Å². The molecule has 1 amide bonds. The number of carbonyl (C=O) groups excluding carboxylic acids is 1. The Balaban J connectivity index is 2.38. The maximum atomic E-state index is 11.3. The molecule has 1 rings (SSSR count). The smallest absolute Gasteiger partial charge is 0.243 e. The van der Waals surface area contributed by atoms with Gasteiger partial charge in [-0.1, -0.05) is 12.1 Å². The van der Waals surface area contributed by atoms with Crippen LogP contribution in [0.15, 0.2) is 24.3 Å². The van der Waals surface area contributed by atoms with Crippen molar-refractivity contribution in [3.05, 3.63) is 29.8 Å². The van der Waals surface area contributed by atoms with E-state index in [2.05, 4.69) is 5.48 Å². The molecule has 0 fully saturated rings. The number of amides is 1.